The van der Waals surface area contributed by atoms with Crippen LogP contribution in [0.15, 0.2) is 47.4 Å². The fourth-order valence-electron chi connectivity index (χ4n) is 3.00. The Kier molecular flexibility index (Phi) is 4.24. The van der Waals surface area contributed by atoms with E-state index in [2.05, 4.69) is 5.32 Å². The molecule has 24 heavy (non-hydrogen) atoms. The first-order valence-electron chi connectivity index (χ1n) is 8.01. The quantitative estimate of drug-likeness (QED) is 0.924. The molecule has 0 saturated carbocycles. The third kappa shape index (κ3) is 3.03. The van der Waals surface area contributed by atoms with Gasteiger partial charge in [-0.15, -0.1) is 0 Å². The second kappa shape index (κ2) is 6.53. The van der Waals surface area contributed by atoms with Gasteiger partial charge in [0.05, 0.1) is 11.5 Å². The molecular weight excluding hydrogens is 329 g/mol. The van der Waals surface area contributed by atoms with E-state index in [-0.39, 0.29) is 0 Å². The molecule has 2 aliphatic heterocycles. The summed E-state index contributed by atoms with van der Waals surface area (Å²) in [6.45, 7) is 2.75. The minimum Gasteiger partial charge on any atom is -0.493 e. The van der Waals surface area contributed by atoms with Gasteiger partial charge in [0, 0.05) is 24.1 Å². The maximum atomic E-state index is 13.3. The van der Waals surface area contributed by atoms with Crippen LogP contribution in [0.3, 0.4) is 0 Å². The van der Waals surface area contributed by atoms with E-state index in [4.69, 9.17) is 9.47 Å². The first-order valence-corrected chi connectivity index (χ1v) is 9.22. The third-order valence-electron chi connectivity index (χ3n) is 4.35. The van der Waals surface area contributed by atoms with Crippen molar-refractivity contribution >= 4 is 10.8 Å². The van der Waals surface area contributed by atoms with E-state index in [9.17, 15) is 8.60 Å². The van der Waals surface area contributed by atoms with E-state index in [1.165, 1.54) is 18.2 Å². The molecule has 0 amide bonds. The number of fused-ring (bicyclic) bond motifs is 1. The highest BCUT2D eigenvalue weighted by atomic mass is 32.2. The van der Waals surface area contributed by atoms with Crippen LogP contribution >= 0.6 is 0 Å². The van der Waals surface area contributed by atoms with Gasteiger partial charge in [0.1, 0.15) is 28.1 Å². The lowest BCUT2D eigenvalue weighted by atomic mass is 10.1. The third-order valence-corrected chi connectivity index (χ3v) is 5.88. The number of nitrogens with one attached hydrogen (secondary N) is 1. The molecule has 4 rings (SSSR count). The average Bonchev–Trinajstić information content (AvgIpc) is 3.22. The smallest absolute Gasteiger partial charge is 0.202 e. The standard InChI is InChI=1S/C18H18FNO3S/c19-14-3-6-17-16(9-14)23-18(24(17)21)13-1-4-15(5-2-13)22-11-12-7-8-20-10-12/h1-6,9,12,18,20H,7-8,10-11H2. The van der Waals surface area contributed by atoms with Gasteiger partial charge in [-0.25, -0.2) is 8.60 Å². The lowest BCUT2D eigenvalue weighted by Gasteiger charge is -2.13. The second-order valence-electron chi connectivity index (χ2n) is 6.08. The van der Waals surface area contributed by atoms with Gasteiger partial charge in [-0.05, 0) is 37.2 Å². The van der Waals surface area contributed by atoms with E-state index in [1.54, 1.807) is 0 Å². The van der Waals surface area contributed by atoms with Crippen molar-refractivity contribution in [1.29, 1.82) is 0 Å². The minimum atomic E-state index is -1.35. The molecule has 1 N–H and O–H groups in total. The highest BCUT2D eigenvalue weighted by Gasteiger charge is 2.32. The molecule has 0 bridgehead atoms. The van der Waals surface area contributed by atoms with Crippen LogP contribution in [0.5, 0.6) is 11.5 Å². The predicted molar refractivity (Wildman–Crippen MR) is 89.1 cm³/mol. The Labute approximate surface area is 142 Å². The topological polar surface area (TPSA) is 47.6 Å². The van der Waals surface area contributed by atoms with Crippen LogP contribution in [-0.2, 0) is 10.8 Å². The molecule has 2 aromatic rings. The molecule has 0 radical (unpaired) electrons. The lowest BCUT2D eigenvalue weighted by Crippen LogP contribution is -2.15. The monoisotopic (exact) mass is 347 g/mol. The van der Waals surface area contributed by atoms with E-state index >= 15 is 0 Å². The normalized spacial score (nSPS) is 25.3. The van der Waals surface area contributed by atoms with E-state index < -0.39 is 22.1 Å². The van der Waals surface area contributed by atoms with Gasteiger partial charge >= 0.3 is 0 Å². The highest BCUT2D eigenvalue weighted by molar-refractivity contribution is 7.85. The molecule has 3 unspecified atom stereocenters. The van der Waals surface area contributed by atoms with Crippen LogP contribution in [0, 0.1) is 11.7 Å². The summed E-state index contributed by atoms with van der Waals surface area (Å²) in [5, 5.41) is 3.32. The largest absolute Gasteiger partial charge is 0.493 e. The summed E-state index contributed by atoms with van der Waals surface area (Å²) in [6, 6.07) is 11.5. The van der Waals surface area contributed by atoms with Gasteiger partial charge in [-0.3, -0.25) is 0 Å². The maximum Gasteiger partial charge on any atom is 0.202 e. The number of rotatable bonds is 4. The van der Waals surface area contributed by atoms with Crippen molar-refractivity contribution in [1.82, 2.24) is 5.32 Å². The zero-order chi connectivity index (χ0) is 16.5. The van der Waals surface area contributed by atoms with Crippen LogP contribution in [0.2, 0.25) is 0 Å². The first-order chi connectivity index (χ1) is 11.7. The Balaban J connectivity index is 1.44. The van der Waals surface area contributed by atoms with Crippen LogP contribution in [0.4, 0.5) is 4.39 Å². The van der Waals surface area contributed by atoms with Crippen LogP contribution in [0.25, 0.3) is 0 Å². The van der Waals surface area contributed by atoms with Crippen molar-refractivity contribution in [2.45, 2.75) is 16.8 Å². The lowest BCUT2D eigenvalue weighted by molar-refractivity contribution is 0.259. The van der Waals surface area contributed by atoms with Crippen molar-refractivity contribution in [2.24, 2.45) is 5.92 Å². The summed E-state index contributed by atoms with van der Waals surface area (Å²) in [5.74, 6) is 1.31. The van der Waals surface area contributed by atoms with Crippen molar-refractivity contribution < 1.29 is 18.1 Å². The fraction of sp³-hybridized carbons (Fsp3) is 0.333. The number of benzene rings is 2. The number of halogens is 1. The molecule has 1 saturated heterocycles. The van der Waals surface area contributed by atoms with E-state index in [0.29, 0.717) is 23.2 Å². The van der Waals surface area contributed by atoms with Gasteiger partial charge in [0.25, 0.3) is 0 Å². The molecule has 1 fully saturated rings. The Bertz CT molecular complexity index is 759. The highest BCUT2D eigenvalue weighted by Crippen LogP contribution is 2.40. The SMILES string of the molecule is O=S1c2ccc(F)cc2OC1c1ccc(OCC2CCNC2)cc1. The van der Waals surface area contributed by atoms with Gasteiger partial charge < -0.3 is 14.8 Å². The van der Waals surface area contributed by atoms with E-state index in [1.807, 2.05) is 24.3 Å². The molecule has 0 aromatic heterocycles. The van der Waals surface area contributed by atoms with Crippen molar-refractivity contribution in [3.8, 4) is 11.5 Å². The fourth-order valence-corrected chi connectivity index (χ4v) is 4.33. The van der Waals surface area contributed by atoms with Gasteiger partial charge in [-0.2, -0.15) is 0 Å². The summed E-state index contributed by atoms with van der Waals surface area (Å²) in [7, 11) is -1.35. The van der Waals surface area contributed by atoms with Crippen molar-refractivity contribution in [3.63, 3.8) is 0 Å². The molecular formula is C18H18FNO3S. The van der Waals surface area contributed by atoms with Gasteiger partial charge in [-0.1, -0.05) is 12.1 Å². The molecule has 2 heterocycles. The first kappa shape index (κ1) is 15.6. The Morgan fingerprint density at radius 2 is 2.08 bits per heavy atom. The summed E-state index contributed by atoms with van der Waals surface area (Å²) < 4.78 is 37.3. The predicted octanol–water partition coefficient (Wildman–Crippen LogP) is 3.01. The van der Waals surface area contributed by atoms with Crippen LogP contribution in [0.1, 0.15) is 17.4 Å². The number of hydrogen-bond donors (Lipinski definition) is 1. The summed E-state index contributed by atoms with van der Waals surface area (Å²) in [6.07, 6.45) is 1.14. The summed E-state index contributed by atoms with van der Waals surface area (Å²) in [4.78, 5) is 0.537. The number of hydrogen-bond acceptors (Lipinski definition) is 4. The zero-order valence-electron chi connectivity index (χ0n) is 13.0. The Morgan fingerprint density at radius 1 is 1.25 bits per heavy atom. The Morgan fingerprint density at radius 3 is 2.83 bits per heavy atom. The van der Waals surface area contributed by atoms with Crippen LogP contribution in [-0.4, -0.2) is 23.9 Å². The van der Waals surface area contributed by atoms with Crippen LogP contribution < -0.4 is 14.8 Å². The molecule has 0 spiro atoms. The molecule has 3 atom stereocenters. The molecule has 6 heteroatoms. The maximum absolute atomic E-state index is 13.3. The molecule has 126 valence electrons. The van der Waals surface area contributed by atoms with Gasteiger partial charge in [0.15, 0.2) is 0 Å². The molecule has 2 aliphatic rings. The van der Waals surface area contributed by atoms with Gasteiger partial charge in [0.2, 0.25) is 5.44 Å². The van der Waals surface area contributed by atoms with Crippen molar-refractivity contribution in [2.75, 3.05) is 19.7 Å². The molecule has 4 nitrogen and oxygen atoms in total. The zero-order valence-corrected chi connectivity index (χ0v) is 13.9. The number of ether oxygens (including phenoxy) is 2. The minimum absolute atomic E-state index is 0.354. The summed E-state index contributed by atoms with van der Waals surface area (Å²) >= 11 is 0. The molecule has 2 aromatic carbocycles. The molecule has 0 aliphatic carbocycles. The Hall–Kier alpha value is -1.92. The van der Waals surface area contributed by atoms with Crippen molar-refractivity contribution in [3.05, 3.63) is 53.8 Å². The summed E-state index contributed by atoms with van der Waals surface area (Å²) in [5.41, 5.74) is 0.190. The second-order valence-corrected chi connectivity index (χ2v) is 7.54. The average molecular weight is 347 g/mol. The van der Waals surface area contributed by atoms with E-state index in [0.717, 1.165) is 30.8 Å².